The van der Waals surface area contributed by atoms with Crippen LogP contribution in [-0.2, 0) is 27.9 Å². The van der Waals surface area contributed by atoms with Gasteiger partial charge in [-0.15, -0.1) is 11.3 Å². The third-order valence-corrected chi connectivity index (χ3v) is 6.56. The molecule has 5 nitrogen and oxygen atoms in total. The van der Waals surface area contributed by atoms with E-state index in [1.165, 1.54) is 26.1 Å². The van der Waals surface area contributed by atoms with Gasteiger partial charge >= 0.3 is 0 Å². The Morgan fingerprint density at radius 3 is 2.54 bits per heavy atom. The molecule has 0 aliphatic rings. The van der Waals surface area contributed by atoms with E-state index in [0.29, 0.717) is 10.4 Å². The van der Waals surface area contributed by atoms with Crippen LogP contribution in [0.5, 0.6) is 0 Å². The van der Waals surface area contributed by atoms with Crippen molar-refractivity contribution in [1.82, 2.24) is 9.62 Å². The third-order valence-electron chi connectivity index (χ3n) is 3.20. The van der Waals surface area contributed by atoms with Crippen molar-refractivity contribution in [2.75, 3.05) is 7.05 Å². The highest BCUT2D eigenvalue weighted by Gasteiger charge is 2.23. The van der Waals surface area contributed by atoms with Crippen molar-refractivity contribution in [2.45, 2.75) is 24.2 Å². The molecule has 0 aliphatic heterocycles. The fourth-order valence-corrected chi connectivity index (χ4v) is 4.60. The number of rotatable bonds is 6. The van der Waals surface area contributed by atoms with Gasteiger partial charge in [-0.2, -0.15) is 4.31 Å². The van der Waals surface area contributed by atoms with Crippen molar-refractivity contribution in [3.05, 3.63) is 52.4 Å². The summed E-state index contributed by atoms with van der Waals surface area (Å²) in [7, 11) is -2.39. The molecule has 0 spiro atoms. The molecule has 1 N–H and O–H groups in total. The van der Waals surface area contributed by atoms with E-state index >= 15 is 0 Å². The summed E-state index contributed by atoms with van der Waals surface area (Å²) >= 11 is 1.05. The van der Waals surface area contributed by atoms with Crippen molar-refractivity contribution in [2.24, 2.45) is 0 Å². The van der Waals surface area contributed by atoms with Crippen LogP contribution < -0.4 is 5.32 Å². The van der Waals surface area contributed by atoms with Crippen LogP contribution in [0, 0.1) is 11.6 Å². The molecule has 1 heterocycles. The number of hydrogen-bond donors (Lipinski definition) is 1. The molecule has 2 rings (SSSR count). The minimum Gasteiger partial charge on any atom is -0.351 e. The van der Waals surface area contributed by atoms with E-state index in [1.54, 1.807) is 6.07 Å². The van der Waals surface area contributed by atoms with Crippen molar-refractivity contribution >= 4 is 27.3 Å². The molecule has 24 heavy (non-hydrogen) atoms. The van der Waals surface area contributed by atoms with Gasteiger partial charge in [0.1, 0.15) is 4.21 Å². The first-order chi connectivity index (χ1) is 11.2. The Labute approximate surface area is 143 Å². The molecule has 0 bridgehead atoms. The maximum atomic E-state index is 13.2. The monoisotopic (exact) mass is 374 g/mol. The van der Waals surface area contributed by atoms with Gasteiger partial charge in [0.15, 0.2) is 11.6 Å². The Morgan fingerprint density at radius 2 is 1.92 bits per heavy atom. The highest BCUT2D eigenvalue weighted by atomic mass is 32.2. The molecule has 9 heteroatoms. The van der Waals surface area contributed by atoms with Crippen LogP contribution in [-0.4, -0.2) is 25.7 Å². The smallest absolute Gasteiger partial charge is 0.252 e. The van der Waals surface area contributed by atoms with Crippen LogP contribution in [0.4, 0.5) is 8.78 Å². The van der Waals surface area contributed by atoms with E-state index in [1.807, 2.05) is 0 Å². The number of amides is 1. The molecule has 0 saturated heterocycles. The van der Waals surface area contributed by atoms with Gasteiger partial charge in [-0.25, -0.2) is 17.2 Å². The van der Waals surface area contributed by atoms with Crippen molar-refractivity contribution < 1.29 is 22.0 Å². The molecule has 130 valence electrons. The first-order valence-corrected chi connectivity index (χ1v) is 9.19. The average molecular weight is 374 g/mol. The quantitative estimate of drug-likeness (QED) is 0.845. The number of nitrogens with zero attached hydrogens (tertiary/aromatic N) is 1. The zero-order valence-corrected chi connectivity index (χ0v) is 14.7. The summed E-state index contributed by atoms with van der Waals surface area (Å²) in [5, 5.41) is 2.59. The van der Waals surface area contributed by atoms with Crippen LogP contribution in [0.2, 0.25) is 0 Å². The number of nitrogens with one attached hydrogen (secondary N) is 1. The van der Waals surface area contributed by atoms with Gasteiger partial charge in [0, 0.05) is 25.4 Å². The van der Waals surface area contributed by atoms with Crippen LogP contribution in [0.25, 0.3) is 0 Å². The average Bonchev–Trinajstić information content (AvgIpc) is 2.98. The van der Waals surface area contributed by atoms with Crippen molar-refractivity contribution in [3.8, 4) is 0 Å². The van der Waals surface area contributed by atoms with E-state index in [4.69, 9.17) is 0 Å². The van der Waals surface area contributed by atoms with Gasteiger partial charge in [-0.3, -0.25) is 4.79 Å². The summed E-state index contributed by atoms with van der Waals surface area (Å²) in [6.45, 7) is 1.54. The molecule has 1 aromatic heterocycles. The van der Waals surface area contributed by atoms with E-state index in [2.05, 4.69) is 5.32 Å². The van der Waals surface area contributed by atoms with E-state index in [0.717, 1.165) is 27.8 Å². The summed E-state index contributed by atoms with van der Waals surface area (Å²) in [6.07, 6.45) is 0. The first-order valence-electron chi connectivity index (χ1n) is 6.93. The fourth-order valence-electron chi connectivity index (χ4n) is 1.94. The highest BCUT2D eigenvalue weighted by Crippen LogP contribution is 2.25. The van der Waals surface area contributed by atoms with Gasteiger partial charge in [-0.05, 0) is 29.8 Å². The predicted molar refractivity (Wildman–Crippen MR) is 86.9 cm³/mol. The largest absolute Gasteiger partial charge is 0.351 e. The normalized spacial score (nSPS) is 11.7. The number of hydrogen-bond acceptors (Lipinski definition) is 4. The van der Waals surface area contributed by atoms with Crippen LogP contribution in [0.15, 0.2) is 34.5 Å². The maximum absolute atomic E-state index is 13.2. The summed E-state index contributed by atoms with van der Waals surface area (Å²) in [5.41, 5.74) is 0.343. The zero-order chi connectivity index (χ0) is 17.9. The SMILES string of the molecule is CC(=O)NCc1ccc(S(=O)(=O)N(C)Cc2ccc(F)c(F)c2)s1. The highest BCUT2D eigenvalue weighted by molar-refractivity contribution is 7.91. The molecule has 0 radical (unpaired) electrons. The minimum atomic E-state index is -3.75. The first kappa shape index (κ1) is 18.5. The molecular formula is C15H16F2N2O3S2. The van der Waals surface area contributed by atoms with Gasteiger partial charge < -0.3 is 5.32 Å². The summed E-state index contributed by atoms with van der Waals surface area (Å²) in [5.74, 6) is -2.21. The molecular weight excluding hydrogens is 358 g/mol. The lowest BCUT2D eigenvalue weighted by atomic mass is 10.2. The second-order valence-electron chi connectivity index (χ2n) is 5.14. The second-order valence-corrected chi connectivity index (χ2v) is 8.58. The van der Waals surface area contributed by atoms with Crippen LogP contribution >= 0.6 is 11.3 Å². The van der Waals surface area contributed by atoms with Crippen molar-refractivity contribution in [1.29, 1.82) is 0 Å². The number of carbonyl (C=O) groups is 1. The lowest BCUT2D eigenvalue weighted by molar-refractivity contribution is -0.119. The predicted octanol–water partition coefficient (Wildman–Crippen LogP) is 2.48. The zero-order valence-electron chi connectivity index (χ0n) is 13.0. The lowest BCUT2D eigenvalue weighted by Gasteiger charge is -2.16. The van der Waals surface area contributed by atoms with Crippen LogP contribution in [0.1, 0.15) is 17.4 Å². The lowest BCUT2D eigenvalue weighted by Crippen LogP contribution is -2.25. The Balaban J connectivity index is 2.13. The molecule has 0 fully saturated rings. The number of benzene rings is 1. The van der Waals surface area contributed by atoms with Gasteiger partial charge in [0.2, 0.25) is 5.91 Å². The number of carbonyl (C=O) groups excluding carboxylic acids is 1. The number of thiophene rings is 1. The molecule has 0 aliphatic carbocycles. The molecule has 0 unspecified atom stereocenters. The molecule has 1 aromatic carbocycles. The van der Waals surface area contributed by atoms with Gasteiger partial charge in [0.05, 0.1) is 6.54 Å². The Kier molecular flexibility index (Phi) is 5.68. The Hall–Kier alpha value is -1.84. The van der Waals surface area contributed by atoms with E-state index in [9.17, 15) is 22.0 Å². The standard InChI is InChI=1S/C15H16F2N2O3S2/c1-10(20)18-8-12-4-6-15(23-12)24(21,22)19(2)9-11-3-5-13(16)14(17)7-11/h3-7H,8-9H2,1-2H3,(H,18,20). The van der Waals surface area contributed by atoms with Crippen molar-refractivity contribution in [3.63, 3.8) is 0 Å². The Bertz CT molecular complexity index is 850. The molecule has 0 atom stereocenters. The summed E-state index contributed by atoms with van der Waals surface area (Å²) in [6, 6.07) is 6.35. The van der Waals surface area contributed by atoms with E-state index in [-0.39, 0.29) is 23.2 Å². The number of halogens is 2. The topological polar surface area (TPSA) is 66.5 Å². The van der Waals surface area contributed by atoms with E-state index < -0.39 is 21.7 Å². The van der Waals surface area contributed by atoms with Gasteiger partial charge in [-0.1, -0.05) is 6.07 Å². The number of sulfonamides is 1. The molecule has 2 aromatic rings. The minimum absolute atomic E-state index is 0.0849. The third kappa shape index (κ3) is 4.37. The fraction of sp³-hybridized carbons (Fsp3) is 0.267. The van der Waals surface area contributed by atoms with Gasteiger partial charge in [0.25, 0.3) is 10.0 Å². The molecule has 1 amide bonds. The Morgan fingerprint density at radius 1 is 1.21 bits per heavy atom. The summed E-state index contributed by atoms with van der Waals surface area (Å²) in [4.78, 5) is 11.6. The maximum Gasteiger partial charge on any atom is 0.252 e. The molecule has 0 saturated carbocycles. The second kappa shape index (κ2) is 7.37. The summed E-state index contributed by atoms with van der Waals surface area (Å²) < 4.78 is 52.4. The van der Waals surface area contributed by atoms with Crippen LogP contribution in [0.3, 0.4) is 0 Å².